The Bertz CT molecular complexity index is 1550. The number of rotatable bonds is 7. The molecular weight excluding hydrogens is 589 g/mol. The van der Waals surface area contributed by atoms with E-state index in [9.17, 15) is 31.5 Å². The van der Waals surface area contributed by atoms with E-state index < -0.39 is 36.7 Å². The molecule has 204 valence electrons. The molecule has 0 fully saturated rings. The average molecular weight is 610 g/mol. The Morgan fingerprint density at radius 3 is 2.36 bits per heavy atom. The molecule has 0 atom stereocenters. The molecule has 0 aliphatic heterocycles. The van der Waals surface area contributed by atoms with Crippen molar-refractivity contribution in [1.29, 1.82) is 0 Å². The zero-order chi connectivity index (χ0) is 28.5. The molecule has 39 heavy (non-hydrogen) atoms. The molecule has 0 saturated heterocycles. The third kappa shape index (κ3) is 6.41. The summed E-state index contributed by atoms with van der Waals surface area (Å²) in [6, 6.07) is 11.5. The normalized spacial score (nSPS) is 11.7. The number of amides is 2. The second-order valence-corrected chi connectivity index (χ2v) is 9.59. The van der Waals surface area contributed by atoms with E-state index in [1.807, 2.05) is 0 Å². The van der Waals surface area contributed by atoms with Crippen molar-refractivity contribution in [2.24, 2.45) is 0 Å². The fraction of sp³-hybridized carbons (Fsp3) is 0.231. The minimum atomic E-state index is -4.74. The third-order valence-corrected chi connectivity index (χ3v) is 6.38. The lowest BCUT2D eigenvalue weighted by Crippen LogP contribution is -2.28. The number of fused-ring (bicyclic) bond motifs is 1. The number of aromatic nitrogens is 3. The van der Waals surface area contributed by atoms with Gasteiger partial charge in [0.15, 0.2) is 0 Å². The molecule has 0 aliphatic carbocycles. The lowest BCUT2D eigenvalue weighted by molar-refractivity contribution is -0.141. The van der Waals surface area contributed by atoms with Crippen LogP contribution in [0.15, 0.2) is 53.0 Å². The topological polar surface area (TPSA) is 88.9 Å². The van der Waals surface area contributed by atoms with Gasteiger partial charge in [-0.25, -0.2) is 13.8 Å². The van der Waals surface area contributed by atoms with Crippen LogP contribution in [0.5, 0.6) is 0 Å². The van der Waals surface area contributed by atoms with Gasteiger partial charge in [-0.3, -0.25) is 14.3 Å². The van der Waals surface area contributed by atoms with Crippen molar-refractivity contribution in [3.63, 3.8) is 0 Å². The van der Waals surface area contributed by atoms with Gasteiger partial charge in [0.1, 0.15) is 5.69 Å². The standard InChI is InChI=1S/C26H21BrF5N5O2/c1-13-23(14(2)37(36-13)12-15-3-5-16(6-4-15)24(38)33-11-22(28)29)35-25(39)19-10-21(26(30,31)32)34-20-8-7-17(27)9-18(19)20/h3-10,22H,11-12H2,1-2H3,(H,33,38)(H,35,39). The van der Waals surface area contributed by atoms with Crippen molar-refractivity contribution in [1.82, 2.24) is 20.1 Å². The summed E-state index contributed by atoms with van der Waals surface area (Å²) in [5, 5.41) is 9.50. The lowest BCUT2D eigenvalue weighted by atomic mass is 10.1. The third-order valence-electron chi connectivity index (χ3n) is 5.89. The van der Waals surface area contributed by atoms with Crippen molar-refractivity contribution in [3.8, 4) is 0 Å². The number of nitrogens with one attached hydrogen (secondary N) is 2. The van der Waals surface area contributed by atoms with E-state index in [0.29, 0.717) is 21.5 Å². The van der Waals surface area contributed by atoms with E-state index in [0.717, 1.165) is 11.6 Å². The number of benzene rings is 2. The molecule has 2 heterocycles. The van der Waals surface area contributed by atoms with Crippen molar-refractivity contribution >= 4 is 44.3 Å². The monoisotopic (exact) mass is 609 g/mol. The summed E-state index contributed by atoms with van der Waals surface area (Å²) >= 11 is 3.28. The van der Waals surface area contributed by atoms with E-state index in [1.165, 1.54) is 30.3 Å². The lowest BCUT2D eigenvalue weighted by Gasteiger charge is -2.13. The number of nitrogens with zero attached hydrogens (tertiary/aromatic N) is 3. The first-order valence-corrected chi connectivity index (χ1v) is 12.3. The minimum absolute atomic E-state index is 0.0219. The Labute approximate surface area is 227 Å². The highest BCUT2D eigenvalue weighted by Gasteiger charge is 2.34. The quantitative estimate of drug-likeness (QED) is 0.247. The summed E-state index contributed by atoms with van der Waals surface area (Å²) < 4.78 is 67.2. The van der Waals surface area contributed by atoms with Crippen LogP contribution in [0, 0.1) is 13.8 Å². The number of pyridine rings is 1. The first-order valence-electron chi connectivity index (χ1n) is 11.5. The summed E-state index contributed by atoms with van der Waals surface area (Å²) in [4.78, 5) is 28.8. The number of halogens is 6. The maximum Gasteiger partial charge on any atom is 0.433 e. The molecule has 2 amide bonds. The number of aryl methyl sites for hydroxylation is 1. The van der Waals surface area contributed by atoms with Crippen LogP contribution in [0.2, 0.25) is 0 Å². The molecule has 0 radical (unpaired) electrons. The highest BCUT2D eigenvalue weighted by atomic mass is 79.9. The van der Waals surface area contributed by atoms with Crippen LogP contribution in [0.1, 0.15) is 43.4 Å². The van der Waals surface area contributed by atoms with Crippen molar-refractivity contribution in [2.75, 3.05) is 11.9 Å². The first kappa shape index (κ1) is 28.1. The summed E-state index contributed by atoms with van der Waals surface area (Å²) in [6.45, 7) is 2.86. The predicted octanol–water partition coefficient (Wildman–Crippen LogP) is 6.12. The summed E-state index contributed by atoms with van der Waals surface area (Å²) in [5.74, 6) is -1.38. The van der Waals surface area contributed by atoms with E-state index in [-0.39, 0.29) is 28.6 Å². The number of carbonyl (C=O) groups is 2. The van der Waals surface area contributed by atoms with Crippen LogP contribution in [-0.2, 0) is 12.7 Å². The fourth-order valence-electron chi connectivity index (χ4n) is 3.95. The van der Waals surface area contributed by atoms with Crippen LogP contribution >= 0.6 is 15.9 Å². The molecule has 2 aromatic carbocycles. The number of carbonyl (C=O) groups excluding carboxylic acids is 2. The van der Waals surface area contributed by atoms with Gasteiger partial charge in [-0.1, -0.05) is 28.1 Å². The van der Waals surface area contributed by atoms with E-state index in [2.05, 4.69) is 36.6 Å². The van der Waals surface area contributed by atoms with Crippen LogP contribution < -0.4 is 10.6 Å². The van der Waals surface area contributed by atoms with Gasteiger partial charge in [-0.15, -0.1) is 0 Å². The summed E-state index contributed by atoms with van der Waals surface area (Å²) in [5.41, 5.74) is 0.942. The Morgan fingerprint density at radius 1 is 1.03 bits per heavy atom. The second-order valence-electron chi connectivity index (χ2n) is 8.67. The zero-order valence-corrected chi connectivity index (χ0v) is 22.1. The summed E-state index contributed by atoms with van der Waals surface area (Å²) in [7, 11) is 0. The maximum absolute atomic E-state index is 13.5. The van der Waals surface area contributed by atoms with Gasteiger partial charge < -0.3 is 10.6 Å². The predicted molar refractivity (Wildman–Crippen MR) is 138 cm³/mol. The molecule has 13 heteroatoms. The van der Waals surface area contributed by atoms with E-state index >= 15 is 0 Å². The molecule has 2 N–H and O–H groups in total. The number of alkyl halides is 5. The van der Waals surface area contributed by atoms with Crippen molar-refractivity contribution < 1.29 is 31.5 Å². The number of hydrogen-bond acceptors (Lipinski definition) is 4. The number of anilines is 1. The molecule has 2 aromatic heterocycles. The van der Waals surface area contributed by atoms with E-state index in [1.54, 1.807) is 30.7 Å². The zero-order valence-electron chi connectivity index (χ0n) is 20.5. The maximum atomic E-state index is 13.5. The highest BCUT2D eigenvalue weighted by molar-refractivity contribution is 9.10. The Hall–Kier alpha value is -3.87. The molecule has 4 aromatic rings. The molecule has 0 aliphatic rings. The van der Waals surface area contributed by atoms with Gasteiger partial charge in [-0.05, 0) is 55.8 Å². The molecule has 0 bridgehead atoms. The number of hydrogen-bond donors (Lipinski definition) is 2. The van der Waals surface area contributed by atoms with Gasteiger partial charge in [0, 0.05) is 15.4 Å². The smallest absolute Gasteiger partial charge is 0.346 e. The minimum Gasteiger partial charge on any atom is -0.346 e. The van der Waals surface area contributed by atoms with Crippen LogP contribution in [0.25, 0.3) is 10.9 Å². The van der Waals surface area contributed by atoms with Gasteiger partial charge >= 0.3 is 6.18 Å². The Balaban J connectivity index is 1.58. The second kappa shape index (κ2) is 11.1. The first-order chi connectivity index (χ1) is 18.3. The van der Waals surface area contributed by atoms with E-state index in [4.69, 9.17) is 0 Å². The Kier molecular flexibility index (Phi) is 8.00. The SMILES string of the molecule is Cc1nn(Cc2ccc(C(=O)NCC(F)F)cc2)c(C)c1NC(=O)c1cc(C(F)(F)F)nc2ccc(Br)cc12. The van der Waals surface area contributed by atoms with Gasteiger partial charge in [0.25, 0.3) is 18.2 Å². The van der Waals surface area contributed by atoms with Crippen LogP contribution in [0.3, 0.4) is 0 Å². The molecule has 0 unspecified atom stereocenters. The molecule has 4 rings (SSSR count). The van der Waals surface area contributed by atoms with Crippen molar-refractivity contribution in [3.05, 3.63) is 86.8 Å². The largest absolute Gasteiger partial charge is 0.433 e. The van der Waals surface area contributed by atoms with Gasteiger partial charge in [0.05, 0.1) is 41.2 Å². The van der Waals surface area contributed by atoms with Gasteiger partial charge in [0.2, 0.25) is 0 Å². The highest BCUT2D eigenvalue weighted by Crippen LogP contribution is 2.32. The van der Waals surface area contributed by atoms with Crippen molar-refractivity contribution in [2.45, 2.75) is 33.0 Å². The molecular formula is C26H21BrF5N5O2. The fourth-order valence-corrected chi connectivity index (χ4v) is 4.31. The Morgan fingerprint density at radius 2 is 1.72 bits per heavy atom. The van der Waals surface area contributed by atoms with Crippen LogP contribution in [0.4, 0.5) is 27.6 Å². The van der Waals surface area contributed by atoms with Gasteiger partial charge in [-0.2, -0.15) is 18.3 Å². The van der Waals surface area contributed by atoms with Crippen LogP contribution in [-0.4, -0.2) is 39.5 Å². The molecule has 7 nitrogen and oxygen atoms in total. The summed E-state index contributed by atoms with van der Waals surface area (Å²) in [6.07, 6.45) is -7.40. The molecule has 0 spiro atoms. The molecule has 0 saturated carbocycles. The average Bonchev–Trinajstić information content (AvgIpc) is 3.13.